The van der Waals surface area contributed by atoms with Crippen molar-refractivity contribution >= 4 is 22.7 Å². The van der Waals surface area contributed by atoms with Crippen molar-refractivity contribution < 1.29 is 9.90 Å². The molecule has 0 fully saturated rings. The van der Waals surface area contributed by atoms with Gasteiger partial charge in [-0.3, -0.25) is 4.79 Å². The third-order valence-corrected chi connectivity index (χ3v) is 5.58. The largest absolute Gasteiger partial charge is 0.480 e. The lowest BCUT2D eigenvalue weighted by Crippen LogP contribution is -2.42. The number of carboxylic acids is 1. The maximum Gasteiger partial charge on any atom is 0.317 e. The van der Waals surface area contributed by atoms with Crippen molar-refractivity contribution in [1.29, 1.82) is 5.26 Å². The van der Waals surface area contributed by atoms with Gasteiger partial charge in [0.25, 0.3) is 0 Å². The molecule has 12 heteroatoms. The fourth-order valence-corrected chi connectivity index (χ4v) is 3.69. The molecular formula is C24H28N10O2. The van der Waals surface area contributed by atoms with Crippen LogP contribution in [0.4, 0.5) is 5.69 Å². The number of aryl methyl sites for hydroxylation is 1. The number of pyridine rings is 2. The van der Waals surface area contributed by atoms with Gasteiger partial charge in [-0.15, -0.1) is 5.10 Å². The molecule has 4 aromatic rings. The molecule has 36 heavy (non-hydrogen) atoms. The normalized spacial score (nSPS) is 11.7. The summed E-state index contributed by atoms with van der Waals surface area (Å²) in [6, 6.07) is 5.85. The minimum atomic E-state index is -0.888. The molecule has 0 saturated heterocycles. The lowest BCUT2D eigenvalue weighted by Gasteiger charge is -2.24. The van der Waals surface area contributed by atoms with Crippen LogP contribution in [0.1, 0.15) is 45.4 Å². The highest BCUT2D eigenvalue weighted by Gasteiger charge is 2.20. The minimum Gasteiger partial charge on any atom is -0.480 e. The van der Waals surface area contributed by atoms with E-state index in [1.165, 1.54) is 6.20 Å². The smallest absolute Gasteiger partial charge is 0.317 e. The Kier molecular flexibility index (Phi) is 6.93. The first-order chi connectivity index (χ1) is 17.1. The Hall–Kier alpha value is -4.37. The summed E-state index contributed by atoms with van der Waals surface area (Å²) < 4.78 is 3.30. The summed E-state index contributed by atoms with van der Waals surface area (Å²) in [6.07, 6.45) is 8.05. The second kappa shape index (κ2) is 10.1. The summed E-state index contributed by atoms with van der Waals surface area (Å²) in [7, 11) is 0. The fourth-order valence-electron chi connectivity index (χ4n) is 3.69. The molecule has 0 radical (unpaired) electrons. The monoisotopic (exact) mass is 488 g/mol. The van der Waals surface area contributed by atoms with Crippen molar-refractivity contribution in [2.24, 2.45) is 0 Å². The molecule has 4 aromatic heterocycles. The minimum absolute atomic E-state index is 0.0948. The molecule has 0 aliphatic carbocycles. The van der Waals surface area contributed by atoms with Gasteiger partial charge in [0.15, 0.2) is 11.5 Å². The van der Waals surface area contributed by atoms with Crippen molar-refractivity contribution in [2.75, 3.05) is 11.9 Å². The highest BCUT2D eigenvalue weighted by molar-refractivity contribution is 5.77. The number of nitriles is 1. The molecule has 0 amide bonds. The first kappa shape index (κ1) is 24.7. The van der Waals surface area contributed by atoms with E-state index in [0.29, 0.717) is 29.9 Å². The van der Waals surface area contributed by atoms with E-state index < -0.39 is 5.97 Å². The van der Waals surface area contributed by atoms with E-state index in [2.05, 4.69) is 42.1 Å². The summed E-state index contributed by atoms with van der Waals surface area (Å²) in [5.74, 6) is -0.318. The molecule has 0 bridgehead atoms. The lowest BCUT2D eigenvalue weighted by atomic mass is 9.97. The number of rotatable bonds is 10. The predicted molar refractivity (Wildman–Crippen MR) is 133 cm³/mol. The van der Waals surface area contributed by atoms with E-state index in [1.54, 1.807) is 27.8 Å². The average molecular weight is 489 g/mol. The van der Waals surface area contributed by atoms with Crippen LogP contribution in [0.15, 0.2) is 36.9 Å². The average Bonchev–Trinajstić information content (AvgIpc) is 3.48. The first-order valence-corrected chi connectivity index (χ1v) is 11.5. The third-order valence-electron chi connectivity index (χ3n) is 5.58. The molecule has 4 rings (SSSR count). The second-order valence-electron chi connectivity index (χ2n) is 9.45. The summed E-state index contributed by atoms with van der Waals surface area (Å²) in [5, 5.41) is 38.3. The molecule has 0 atom stereocenters. The van der Waals surface area contributed by atoms with Crippen LogP contribution in [0.25, 0.3) is 22.5 Å². The molecule has 0 spiro atoms. The number of hydrogen-bond acceptors (Lipinski definition) is 9. The molecule has 3 N–H and O–H groups in total. The number of hydrogen-bond donors (Lipinski definition) is 3. The first-order valence-electron chi connectivity index (χ1n) is 11.5. The Balaban J connectivity index is 1.60. The number of aromatic nitrogens is 7. The van der Waals surface area contributed by atoms with Gasteiger partial charge in [0.05, 0.1) is 42.1 Å². The molecule has 4 heterocycles. The van der Waals surface area contributed by atoms with Crippen LogP contribution in [-0.2, 0) is 11.2 Å². The van der Waals surface area contributed by atoms with E-state index in [9.17, 15) is 4.79 Å². The topological polar surface area (TPSA) is 159 Å². The van der Waals surface area contributed by atoms with E-state index in [0.717, 1.165) is 22.5 Å². The number of nitrogens with one attached hydrogen (secondary N) is 2. The van der Waals surface area contributed by atoms with E-state index in [-0.39, 0.29) is 18.1 Å². The molecule has 0 unspecified atom stereocenters. The zero-order valence-electron chi connectivity index (χ0n) is 20.6. The van der Waals surface area contributed by atoms with Gasteiger partial charge in [-0.05, 0) is 46.6 Å². The number of fused-ring (bicyclic) bond motifs is 1. The lowest BCUT2D eigenvalue weighted by molar-refractivity contribution is -0.136. The molecule has 0 aromatic carbocycles. The van der Waals surface area contributed by atoms with Crippen LogP contribution in [0.2, 0.25) is 0 Å². The number of aliphatic carboxylic acids is 1. The maximum absolute atomic E-state index is 10.9. The summed E-state index contributed by atoms with van der Waals surface area (Å²) >= 11 is 0. The number of anilines is 1. The van der Waals surface area contributed by atoms with Gasteiger partial charge < -0.3 is 15.7 Å². The van der Waals surface area contributed by atoms with Gasteiger partial charge in [-0.1, -0.05) is 5.21 Å². The zero-order valence-corrected chi connectivity index (χ0v) is 20.6. The van der Waals surface area contributed by atoms with Gasteiger partial charge in [0.1, 0.15) is 11.8 Å². The van der Waals surface area contributed by atoms with Gasteiger partial charge in [-0.25, -0.2) is 14.6 Å². The van der Waals surface area contributed by atoms with Gasteiger partial charge in [0.2, 0.25) is 0 Å². The molecule has 0 aliphatic heterocycles. The number of carbonyl (C=O) groups is 1. The molecular weight excluding hydrogens is 460 g/mol. The summed E-state index contributed by atoms with van der Waals surface area (Å²) in [6.45, 7) is 7.90. The van der Waals surface area contributed by atoms with Gasteiger partial charge >= 0.3 is 5.97 Å². The molecule has 12 nitrogen and oxygen atoms in total. The van der Waals surface area contributed by atoms with Gasteiger partial charge in [-0.2, -0.15) is 15.0 Å². The van der Waals surface area contributed by atoms with Crippen molar-refractivity contribution in [2.45, 2.75) is 52.1 Å². The zero-order chi connectivity index (χ0) is 25.9. The highest BCUT2D eigenvalue weighted by Crippen LogP contribution is 2.25. The van der Waals surface area contributed by atoms with E-state index in [1.807, 2.05) is 40.0 Å². The SMILES string of the molecule is CC(C)Nc1cc(-n2ncc3cc(C#N)cnc32)ncc1-n1cc(CCC(C)(C)NCC(=O)O)nn1. The van der Waals surface area contributed by atoms with Crippen LogP contribution in [0.5, 0.6) is 0 Å². The maximum atomic E-state index is 10.9. The van der Waals surface area contributed by atoms with Crippen LogP contribution in [-0.4, -0.2) is 63.9 Å². The van der Waals surface area contributed by atoms with Crippen molar-refractivity contribution in [3.8, 4) is 17.6 Å². The second-order valence-corrected chi connectivity index (χ2v) is 9.45. The predicted octanol–water partition coefficient (Wildman–Crippen LogP) is 2.47. The Morgan fingerprint density at radius 2 is 2.03 bits per heavy atom. The Morgan fingerprint density at radius 1 is 1.22 bits per heavy atom. The Morgan fingerprint density at radius 3 is 2.75 bits per heavy atom. The Bertz CT molecular complexity index is 1430. The van der Waals surface area contributed by atoms with E-state index in [4.69, 9.17) is 10.4 Å². The van der Waals surface area contributed by atoms with Crippen molar-refractivity contribution in [3.05, 3.63) is 48.2 Å². The molecule has 0 aliphatic rings. The number of carboxylic acid groups (broad SMARTS) is 1. The summed E-state index contributed by atoms with van der Waals surface area (Å²) in [5.41, 5.74) is 3.03. The Labute approximate surface area is 208 Å². The standard InChI is InChI=1S/C24H28N10O2/c1-15(2)30-19-8-21(34-23-17(11-29-34)7-16(9-25)10-27-23)26-12-20(19)33-14-18(31-32-33)5-6-24(3,4)28-13-22(35)36/h7-8,10-12,14-15,28H,5-6,13H2,1-4H3,(H,26,30)(H,35,36). The fraction of sp³-hybridized carbons (Fsp3) is 0.375. The van der Waals surface area contributed by atoms with E-state index >= 15 is 0 Å². The van der Waals surface area contributed by atoms with Crippen LogP contribution < -0.4 is 10.6 Å². The number of nitrogens with zero attached hydrogens (tertiary/aromatic N) is 8. The quantitative estimate of drug-likeness (QED) is 0.302. The highest BCUT2D eigenvalue weighted by atomic mass is 16.4. The van der Waals surface area contributed by atoms with Crippen LogP contribution >= 0.6 is 0 Å². The van der Waals surface area contributed by atoms with Gasteiger partial charge in [0, 0.05) is 29.2 Å². The van der Waals surface area contributed by atoms with Crippen molar-refractivity contribution in [3.63, 3.8) is 0 Å². The molecule has 0 saturated carbocycles. The van der Waals surface area contributed by atoms with Crippen LogP contribution in [0.3, 0.4) is 0 Å². The van der Waals surface area contributed by atoms with Crippen LogP contribution in [0, 0.1) is 11.3 Å². The van der Waals surface area contributed by atoms with Crippen molar-refractivity contribution in [1.82, 2.24) is 40.1 Å². The molecule has 186 valence electrons. The summed E-state index contributed by atoms with van der Waals surface area (Å²) in [4.78, 5) is 19.8. The third kappa shape index (κ3) is 5.64.